The van der Waals surface area contributed by atoms with E-state index in [1.165, 1.54) is 18.2 Å². The minimum atomic E-state index is -4.83. The van der Waals surface area contributed by atoms with Gasteiger partial charge in [0.05, 0.1) is 0 Å². The Morgan fingerprint density at radius 3 is 2.33 bits per heavy atom. The number of amides is 1. The van der Waals surface area contributed by atoms with Crippen LogP contribution in [-0.4, -0.2) is 18.4 Å². The van der Waals surface area contributed by atoms with E-state index in [1.807, 2.05) is 0 Å². The number of carbonyl (C=O) groups is 1. The van der Waals surface area contributed by atoms with E-state index >= 15 is 0 Å². The molecule has 0 bridgehead atoms. The first-order chi connectivity index (χ1) is 8.33. The van der Waals surface area contributed by atoms with Crippen molar-refractivity contribution in [2.45, 2.75) is 25.8 Å². The summed E-state index contributed by atoms with van der Waals surface area (Å²) in [6, 6.07) is 5.19. The third kappa shape index (κ3) is 4.15. The fourth-order valence-electron chi connectivity index (χ4n) is 1.25. The number of nitrogens with two attached hydrogens (primary N) is 1. The number of rotatable bonds is 5. The van der Waals surface area contributed by atoms with Crippen molar-refractivity contribution >= 4 is 5.91 Å². The molecule has 0 aliphatic carbocycles. The largest absolute Gasteiger partial charge is 0.573 e. The van der Waals surface area contributed by atoms with E-state index in [2.05, 4.69) is 4.74 Å². The lowest BCUT2D eigenvalue weighted by Crippen LogP contribution is -2.33. The third-order valence-corrected chi connectivity index (χ3v) is 2.03. The summed E-state index contributed by atoms with van der Waals surface area (Å²) >= 11 is 0. The normalized spacial score (nSPS) is 12.9. The van der Waals surface area contributed by atoms with E-state index < -0.39 is 24.1 Å². The van der Waals surface area contributed by atoms with Crippen LogP contribution >= 0.6 is 0 Å². The lowest BCUT2D eigenvalue weighted by Gasteiger charge is -2.17. The quantitative estimate of drug-likeness (QED) is 0.886. The van der Waals surface area contributed by atoms with Gasteiger partial charge < -0.3 is 15.2 Å². The maximum Gasteiger partial charge on any atom is 0.573 e. The molecule has 1 rings (SSSR count). The van der Waals surface area contributed by atoms with Gasteiger partial charge >= 0.3 is 6.36 Å². The second kappa shape index (κ2) is 5.61. The zero-order valence-corrected chi connectivity index (χ0v) is 9.53. The molecule has 0 spiro atoms. The molecule has 4 nitrogen and oxygen atoms in total. The molecule has 1 aromatic rings. The third-order valence-electron chi connectivity index (χ3n) is 2.03. The summed E-state index contributed by atoms with van der Waals surface area (Å²) in [5.74, 6) is -1.44. The van der Waals surface area contributed by atoms with Crippen LogP contribution in [0.5, 0.6) is 11.5 Å². The fourth-order valence-corrected chi connectivity index (χ4v) is 1.25. The van der Waals surface area contributed by atoms with Crippen LogP contribution in [0.15, 0.2) is 24.3 Å². The molecule has 7 heteroatoms. The van der Waals surface area contributed by atoms with Crippen LogP contribution in [0.1, 0.15) is 13.3 Å². The van der Waals surface area contributed by atoms with Gasteiger partial charge in [-0.2, -0.15) is 0 Å². The van der Waals surface area contributed by atoms with Crippen molar-refractivity contribution < 1.29 is 27.4 Å². The van der Waals surface area contributed by atoms with Crippen LogP contribution in [0.3, 0.4) is 0 Å². The van der Waals surface area contributed by atoms with Crippen molar-refractivity contribution in [2.24, 2.45) is 5.73 Å². The van der Waals surface area contributed by atoms with Crippen molar-refractivity contribution in [1.29, 1.82) is 0 Å². The summed E-state index contributed by atoms with van der Waals surface area (Å²) in [5.41, 5.74) is 5.05. The monoisotopic (exact) mass is 263 g/mol. The minimum Gasteiger partial charge on any atom is -0.477 e. The zero-order valence-electron chi connectivity index (χ0n) is 9.53. The number of ether oxygens (including phenoxy) is 2. The predicted octanol–water partition coefficient (Wildman–Crippen LogP) is 2.23. The van der Waals surface area contributed by atoms with Gasteiger partial charge in [-0.1, -0.05) is 19.1 Å². The van der Waals surface area contributed by atoms with Gasteiger partial charge in [0, 0.05) is 0 Å². The molecular formula is C11H12F3NO3. The van der Waals surface area contributed by atoms with Crippen LogP contribution in [-0.2, 0) is 4.79 Å². The highest BCUT2D eigenvalue weighted by atomic mass is 19.4. The second-order valence-corrected chi connectivity index (χ2v) is 3.41. The molecule has 1 unspecified atom stereocenters. The van der Waals surface area contributed by atoms with E-state index in [1.54, 1.807) is 6.92 Å². The van der Waals surface area contributed by atoms with E-state index in [0.29, 0.717) is 0 Å². The van der Waals surface area contributed by atoms with Crippen molar-refractivity contribution in [3.8, 4) is 11.5 Å². The van der Waals surface area contributed by atoms with Crippen molar-refractivity contribution in [3.63, 3.8) is 0 Å². The maximum atomic E-state index is 12.1. The number of benzene rings is 1. The average molecular weight is 263 g/mol. The molecule has 0 aliphatic rings. The molecule has 1 atom stereocenters. The number of hydrogen-bond donors (Lipinski definition) is 1. The number of carbonyl (C=O) groups excluding carboxylic acids is 1. The Kier molecular flexibility index (Phi) is 4.41. The fraction of sp³-hybridized carbons (Fsp3) is 0.364. The van der Waals surface area contributed by atoms with Gasteiger partial charge in [0.2, 0.25) is 0 Å². The molecule has 2 N–H and O–H groups in total. The summed E-state index contributed by atoms with van der Waals surface area (Å²) in [6.45, 7) is 1.63. The van der Waals surface area contributed by atoms with E-state index in [9.17, 15) is 18.0 Å². The molecule has 0 radical (unpaired) electrons. The van der Waals surface area contributed by atoms with Crippen LogP contribution in [0.25, 0.3) is 0 Å². The average Bonchev–Trinajstić information content (AvgIpc) is 2.25. The number of halogens is 3. The molecule has 0 heterocycles. The first-order valence-corrected chi connectivity index (χ1v) is 5.14. The van der Waals surface area contributed by atoms with Crippen molar-refractivity contribution in [3.05, 3.63) is 24.3 Å². The van der Waals surface area contributed by atoms with Gasteiger partial charge in [-0.3, -0.25) is 4.79 Å². The Morgan fingerprint density at radius 1 is 1.33 bits per heavy atom. The zero-order chi connectivity index (χ0) is 13.8. The van der Waals surface area contributed by atoms with Gasteiger partial charge in [0.1, 0.15) is 0 Å². The molecule has 1 aromatic carbocycles. The maximum absolute atomic E-state index is 12.1. The SMILES string of the molecule is CCC(Oc1ccccc1OC(F)(F)F)C(N)=O. The van der Waals surface area contributed by atoms with Crippen molar-refractivity contribution in [1.82, 2.24) is 0 Å². The Balaban J connectivity index is 2.91. The van der Waals surface area contributed by atoms with Gasteiger partial charge in [-0.05, 0) is 18.6 Å². The Morgan fingerprint density at radius 2 is 1.89 bits per heavy atom. The summed E-state index contributed by atoms with van der Waals surface area (Å²) in [7, 11) is 0. The highest BCUT2D eigenvalue weighted by Gasteiger charge is 2.32. The summed E-state index contributed by atoms with van der Waals surface area (Å²) < 4.78 is 45.3. The van der Waals surface area contributed by atoms with Crippen molar-refractivity contribution in [2.75, 3.05) is 0 Å². The molecular weight excluding hydrogens is 251 g/mol. The number of alkyl halides is 3. The van der Waals surface area contributed by atoms with Gasteiger partial charge in [-0.15, -0.1) is 13.2 Å². The highest BCUT2D eigenvalue weighted by molar-refractivity contribution is 5.79. The Hall–Kier alpha value is -1.92. The lowest BCUT2D eigenvalue weighted by molar-refractivity contribution is -0.275. The molecule has 1 amide bonds. The van der Waals surface area contributed by atoms with Gasteiger partial charge in [0.15, 0.2) is 17.6 Å². The number of hydrogen-bond acceptors (Lipinski definition) is 3. The molecule has 0 aromatic heterocycles. The first-order valence-electron chi connectivity index (χ1n) is 5.14. The van der Waals surface area contributed by atoms with E-state index in [0.717, 1.165) is 6.07 Å². The van der Waals surface area contributed by atoms with Gasteiger partial charge in [-0.25, -0.2) is 0 Å². The summed E-state index contributed by atoms with van der Waals surface area (Å²) in [5, 5.41) is 0. The predicted molar refractivity (Wildman–Crippen MR) is 57.0 cm³/mol. The van der Waals surface area contributed by atoms with Crippen LogP contribution < -0.4 is 15.2 Å². The summed E-state index contributed by atoms with van der Waals surface area (Å²) in [6.07, 6.45) is -5.58. The summed E-state index contributed by atoms with van der Waals surface area (Å²) in [4.78, 5) is 11.0. The number of primary amides is 1. The van der Waals surface area contributed by atoms with Crippen LogP contribution in [0.2, 0.25) is 0 Å². The topological polar surface area (TPSA) is 61.6 Å². The van der Waals surface area contributed by atoms with E-state index in [-0.39, 0.29) is 12.2 Å². The Bertz CT molecular complexity index is 420. The standard InChI is InChI=1S/C11H12F3NO3/c1-2-7(10(15)16)17-8-5-3-4-6-9(8)18-11(12,13)14/h3-7H,2H2,1H3,(H2,15,16). The highest BCUT2D eigenvalue weighted by Crippen LogP contribution is 2.32. The molecule has 0 saturated carbocycles. The molecule has 0 aliphatic heterocycles. The second-order valence-electron chi connectivity index (χ2n) is 3.41. The van der Waals surface area contributed by atoms with E-state index in [4.69, 9.17) is 10.5 Å². The lowest BCUT2D eigenvalue weighted by atomic mass is 10.2. The van der Waals surface area contributed by atoms with Crippen LogP contribution in [0, 0.1) is 0 Å². The number of para-hydroxylation sites is 2. The molecule has 18 heavy (non-hydrogen) atoms. The molecule has 100 valence electrons. The Labute approximate surface area is 101 Å². The molecule has 0 saturated heterocycles. The van der Waals surface area contributed by atoms with Gasteiger partial charge in [0.25, 0.3) is 5.91 Å². The van der Waals surface area contributed by atoms with Crippen LogP contribution in [0.4, 0.5) is 13.2 Å². The minimum absolute atomic E-state index is 0.180. The molecule has 0 fully saturated rings. The first kappa shape index (κ1) is 14.1. The smallest absolute Gasteiger partial charge is 0.477 e.